The van der Waals surface area contributed by atoms with E-state index < -0.39 is 6.10 Å². The number of rotatable bonds is 5. The van der Waals surface area contributed by atoms with E-state index in [1.54, 1.807) is 6.92 Å². The molecule has 1 aliphatic heterocycles. The summed E-state index contributed by atoms with van der Waals surface area (Å²) < 4.78 is 11.1. The molecular weight excluding hydrogens is 304 g/mol. The molecule has 1 N–H and O–H groups in total. The molecule has 1 saturated heterocycles. The Balaban J connectivity index is 1.67. The van der Waals surface area contributed by atoms with Crippen LogP contribution in [0, 0.1) is 0 Å². The molecule has 0 saturated carbocycles. The topological polar surface area (TPSA) is 50.8 Å². The van der Waals surface area contributed by atoms with Gasteiger partial charge in [0.2, 0.25) is 0 Å². The highest BCUT2D eigenvalue weighted by Crippen LogP contribution is 2.26. The number of para-hydroxylation sites is 3. The van der Waals surface area contributed by atoms with Crippen LogP contribution in [0.4, 0.5) is 11.4 Å². The molecule has 1 amide bonds. The fourth-order valence-corrected chi connectivity index (χ4v) is 2.65. The number of hydrogen-bond acceptors (Lipinski definition) is 4. The maximum absolute atomic E-state index is 12.5. The third-order valence-corrected chi connectivity index (χ3v) is 3.94. The molecule has 126 valence electrons. The number of carbonyl (C=O) groups is 1. The summed E-state index contributed by atoms with van der Waals surface area (Å²) in [6, 6.07) is 17.2. The zero-order valence-corrected chi connectivity index (χ0v) is 13.8. The van der Waals surface area contributed by atoms with E-state index in [1.807, 2.05) is 54.6 Å². The largest absolute Gasteiger partial charge is 0.481 e. The molecule has 1 heterocycles. The minimum Gasteiger partial charge on any atom is -0.481 e. The molecule has 0 bridgehead atoms. The standard InChI is InChI=1S/C19H22N2O3/c1-15(24-16-7-3-2-4-8-16)19(22)20-17-9-5-6-10-18(17)21-11-13-23-14-12-21/h2-10,15H,11-14H2,1H3,(H,20,22). The van der Waals surface area contributed by atoms with Gasteiger partial charge >= 0.3 is 0 Å². The summed E-state index contributed by atoms with van der Waals surface area (Å²) in [7, 11) is 0. The lowest BCUT2D eigenvalue weighted by atomic mass is 10.2. The number of nitrogens with one attached hydrogen (secondary N) is 1. The van der Waals surface area contributed by atoms with Gasteiger partial charge in [0.15, 0.2) is 6.10 Å². The van der Waals surface area contributed by atoms with Crippen LogP contribution < -0.4 is 15.0 Å². The van der Waals surface area contributed by atoms with E-state index in [4.69, 9.17) is 9.47 Å². The Bertz CT molecular complexity index is 669. The Morgan fingerprint density at radius 3 is 2.50 bits per heavy atom. The Morgan fingerprint density at radius 2 is 1.75 bits per heavy atom. The lowest BCUT2D eigenvalue weighted by Gasteiger charge is -2.30. The first-order chi connectivity index (χ1) is 11.7. The molecule has 2 aromatic rings. The van der Waals surface area contributed by atoms with Crippen molar-refractivity contribution in [3.8, 4) is 5.75 Å². The number of carbonyl (C=O) groups excluding carboxylic acids is 1. The lowest BCUT2D eigenvalue weighted by Crippen LogP contribution is -2.37. The predicted octanol–water partition coefficient (Wildman–Crippen LogP) is 2.93. The van der Waals surface area contributed by atoms with Crippen LogP contribution in [-0.4, -0.2) is 38.3 Å². The van der Waals surface area contributed by atoms with Gasteiger partial charge in [0.1, 0.15) is 5.75 Å². The first kappa shape index (κ1) is 16.3. The van der Waals surface area contributed by atoms with Crippen LogP contribution in [0.3, 0.4) is 0 Å². The van der Waals surface area contributed by atoms with E-state index >= 15 is 0 Å². The van der Waals surface area contributed by atoms with Crippen molar-refractivity contribution in [3.63, 3.8) is 0 Å². The highest BCUT2D eigenvalue weighted by molar-refractivity contribution is 5.97. The van der Waals surface area contributed by atoms with Crippen molar-refractivity contribution in [1.29, 1.82) is 0 Å². The summed E-state index contributed by atoms with van der Waals surface area (Å²) in [5.74, 6) is 0.515. The van der Waals surface area contributed by atoms with Crippen LogP contribution in [0.2, 0.25) is 0 Å². The molecule has 0 spiro atoms. The Labute approximate surface area is 142 Å². The number of nitrogens with zero attached hydrogens (tertiary/aromatic N) is 1. The van der Waals surface area contributed by atoms with Crippen molar-refractivity contribution >= 4 is 17.3 Å². The fourth-order valence-electron chi connectivity index (χ4n) is 2.65. The van der Waals surface area contributed by atoms with Gasteiger partial charge in [-0.2, -0.15) is 0 Å². The Hall–Kier alpha value is -2.53. The molecule has 0 aromatic heterocycles. The van der Waals surface area contributed by atoms with Gasteiger partial charge in [-0.1, -0.05) is 30.3 Å². The predicted molar refractivity (Wildman–Crippen MR) is 94.6 cm³/mol. The third-order valence-electron chi connectivity index (χ3n) is 3.94. The van der Waals surface area contributed by atoms with Gasteiger partial charge in [0.25, 0.3) is 5.91 Å². The van der Waals surface area contributed by atoms with Gasteiger partial charge in [-0.25, -0.2) is 0 Å². The minimum atomic E-state index is -0.579. The van der Waals surface area contributed by atoms with E-state index in [0.29, 0.717) is 19.0 Å². The quantitative estimate of drug-likeness (QED) is 0.918. The van der Waals surface area contributed by atoms with Crippen LogP contribution in [0.15, 0.2) is 54.6 Å². The van der Waals surface area contributed by atoms with E-state index in [-0.39, 0.29) is 5.91 Å². The third kappa shape index (κ3) is 4.06. The van der Waals surface area contributed by atoms with E-state index in [2.05, 4.69) is 10.2 Å². The second kappa shape index (κ2) is 7.84. The summed E-state index contributed by atoms with van der Waals surface area (Å²) in [5, 5.41) is 2.98. The fraction of sp³-hybridized carbons (Fsp3) is 0.316. The maximum Gasteiger partial charge on any atom is 0.265 e. The van der Waals surface area contributed by atoms with Crippen molar-refractivity contribution in [2.75, 3.05) is 36.5 Å². The van der Waals surface area contributed by atoms with E-state index in [1.165, 1.54) is 0 Å². The van der Waals surface area contributed by atoms with Crippen LogP contribution in [0.1, 0.15) is 6.92 Å². The molecule has 0 aliphatic carbocycles. The van der Waals surface area contributed by atoms with Crippen LogP contribution in [0.25, 0.3) is 0 Å². The van der Waals surface area contributed by atoms with Crippen LogP contribution in [0.5, 0.6) is 5.75 Å². The highest BCUT2D eigenvalue weighted by atomic mass is 16.5. The molecule has 24 heavy (non-hydrogen) atoms. The van der Waals surface area contributed by atoms with Crippen molar-refractivity contribution in [2.24, 2.45) is 0 Å². The second-order valence-electron chi connectivity index (χ2n) is 5.68. The van der Waals surface area contributed by atoms with Gasteiger partial charge in [0.05, 0.1) is 24.6 Å². The molecule has 1 atom stereocenters. The SMILES string of the molecule is CC(Oc1ccccc1)C(=O)Nc1ccccc1N1CCOCC1. The molecule has 1 fully saturated rings. The summed E-state index contributed by atoms with van der Waals surface area (Å²) in [5.41, 5.74) is 1.81. The summed E-state index contributed by atoms with van der Waals surface area (Å²) in [6.45, 7) is 4.80. The zero-order valence-electron chi connectivity index (χ0n) is 13.8. The number of morpholine rings is 1. The van der Waals surface area contributed by atoms with E-state index in [0.717, 1.165) is 24.5 Å². The summed E-state index contributed by atoms with van der Waals surface area (Å²) in [6.07, 6.45) is -0.579. The average Bonchev–Trinajstić information content (AvgIpc) is 2.63. The molecule has 2 aromatic carbocycles. The second-order valence-corrected chi connectivity index (χ2v) is 5.68. The average molecular weight is 326 g/mol. The molecule has 3 rings (SSSR count). The number of amides is 1. The van der Waals surface area contributed by atoms with Gasteiger partial charge in [-0.3, -0.25) is 4.79 Å². The van der Waals surface area contributed by atoms with Crippen molar-refractivity contribution in [3.05, 3.63) is 54.6 Å². The van der Waals surface area contributed by atoms with Gasteiger partial charge < -0.3 is 19.7 Å². The number of benzene rings is 2. The molecule has 1 aliphatic rings. The Kier molecular flexibility index (Phi) is 5.33. The van der Waals surface area contributed by atoms with Crippen LogP contribution in [-0.2, 0) is 9.53 Å². The summed E-state index contributed by atoms with van der Waals surface area (Å²) in [4.78, 5) is 14.7. The summed E-state index contributed by atoms with van der Waals surface area (Å²) >= 11 is 0. The molecule has 5 nitrogen and oxygen atoms in total. The highest BCUT2D eigenvalue weighted by Gasteiger charge is 2.19. The first-order valence-electron chi connectivity index (χ1n) is 8.18. The monoisotopic (exact) mass is 326 g/mol. The minimum absolute atomic E-state index is 0.167. The van der Waals surface area contributed by atoms with Crippen LogP contribution >= 0.6 is 0 Å². The van der Waals surface area contributed by atoms with Gasteiger partial charge in [-0.05, 0) is 31.2 Å². The molecule has 0 radical (unpaired) electrons. The van der Waals surface area contributed by atoms with Crippen molar-refractivity contribution in [1.82, 2.24) is 0 Å². The lowest BCUT2D eigenvalue weighted by molar-refractivity contribution is -0.122. The first-order valence-corrected chi connectivity index (χ1v) is 8.18. The smallest absolute Gasteiger partial charge is 0.265 e. The van der Waals surface area contributed by atoms with Crippen molar-refractivity contribution in [2.45, 2.75) is 13.0 Å². The molecule has 1 unspecified atom stereocenters. The van der Waals surface area contributed by atoms with Gasteiger partial charge in [-0.15, -0.1) is 0 Å². The number of ether oxygens (including phenoxy) is 2. The number of hydrogen-bond donors (Lipinski definition) is 1. The molecular formula is C19H22N2O3. The Morgan fingerprint density at radius 1 is 1.08 bits per heavy atom. The van der Waals surface area contributed by atoms with Crippen molar-refractivity contribution < 1.29 is 14.3 Å². The van der Waals surface area contributed by atoms with E-state index in [9.17, 15) is 4.79 Å². The zero-order chi connectivity index (χ0) is 16.8. The normalized spacial score (nSPS) is 15.6. The molecule has 5 heteroatoms. The maximum atomic E-state index is 12.5. The van der Waals surface area contributed by atoms with Gasteiger partial charge in [0, 0.05) is 13.1 Å². The number of anilines is 2.